The van der Waals surface area contributed by atoms with E-state index in [4.69, 9.17) is 4.74 Å². The summed E-state index contributed by atoms with van der Waals surface area (Å²) in [4.78, 5) is 26.8. The Labute approximate surface area is 134 Å². The predicted molar refractivity (Wildman–Crippen MR) is 86.8 cm³/mol. The van der Waals surface area contributed by atoms with E-state index < -0.39 is 5.97 Å². The number of H-pyrrole nitrogens is 1. The summed E-state index contributed by atoms with van der Waals surface area (Å²) in [5.74, 6) is -1.02. The number of carbonyl (C=O) groups is 2. The molecule has 120 valence electrons. The molecule has 0 aliphatic rings. The molecule has 5 nitrogen and oxygen atoms in total. The van der Waals surface area contributed by atoms with Crippen LogP contribution in [0.3, 0.4) is 0 Å². The number of aromatic nitrogens is 1. The van der Waals surface area contributed by atoms with Crippen molar-refractivity contribution in [3.05, 3.63) is 70.2 Å². The molecule has 0 fully saturated rings. The van der Waals surface area contributed by atoms with E-state index >= 15 is 0 Å². The van der Waals surface area contributed by atoms with Gasteiger partial charge in [-0.2, -0.15) is 0 Å². The zero-order chi connectivity index (χ0) is 17.0. The van der Waals surface area contributed by atoms with E-state index in [1.165, 1.54) is 13.2 Å². The molecule has 2 aromatic rings. The second kappa shape index (κ2) is 6.96. The number of nitrogens with one attached hydrogen (secondary N) is 1. The first-order valence-electron chi connectivity index (χ1n) is 7.19. The van der Waals surface area contributed by atoms with Crippen LogP contribution in [0.2, 0.25) is 0 Å². The Morgan fingerprint density at radius 2 is 1.74 bits per heavy atom. The fourth-order valence-electron chi connectivity index (χ4n) is 2.55. The van der Waals surface area contributed by atoms with Crippen molar-refractivity contribution in [1.82, 2.24) is 4.98 Å². The van der Waals surface area contributed by atoms with Crippen molar-refractivity contribution in [3.63, 3.8) is 0 Å². The minimum absolute atomic E-state index is 0.0129. The Morgan fingerprint density at radius 3 is 2.30 bits per heavy atom. The minimum atomic E-state index is -1.12. The second-order valence-corrected chi connectivity index (χ2v) is 5.27. The lowest BCUT2D eigenvalue weighted by molar-refractivity contribution is 0.0692. The molecule has 0 amide bonds. The maximum atomic E-state index is 12.5. The van der Waals surface area contributed by atoms with Gasteiger partial charge in [-0.05, 0) is 19.4 Å². The number of carboxylic acid groups (broad SMARTS) is 1. The highest BCUT2D eigenvalue weighted by Crippen LogP contribution is 2.20. The third kappa shape index (κ3) is 3.69. The van der Waals surface area contributed by atoms with Gasteiger partial charge < -0.3 is 14.8 Å². The van der Waals surface area contributed by atoms with Gasteiger partial charge in [-0.25, -0.2) is 4.79 Å². The number of carboxylic acids is 1. The third-order valence-electron chi connectivity index (χ3n) is 3.61. The average molecular weight is 313 g/mol. The van der Waals surface area contributed by atoms with E-state index in [9.17, 15) is 14.7 Å². The molecule has 1 aromatic heterocycles. The van der Waals surface area contributed by atoms with E-state index in [0.29, 0.717) is 23.6 Å². The van der Waals surface area contributed by atoms with Gasteiger partial charge in [0, 0.05) is 23.9 Å². The quantitative estimate of drug-likeness (QED) is 0.487. The number of aromatic amines is 1. The van der Waals surface area contributed by atoms with Crippen molar-refractivity contribution in [3.8, 4) is 0 Å². The van der Waals surface area contributed by atoms with Crippen LogP contribution < -0.4 is 0 Å². The van der Waals surface area contributed by atoms with Crippen LogP contribution in [0.4, 0.5) is 0 Å². The van der Waals surface area contributed by atoms with Crippen LogP contribution in [-0.2, 0) is 11.2 Å². The summed E-state index contributed by atoms with van der Waals surface area (Å²) < 4.78 is 5.28. The van der Waals surface area contributed by atoms with Crippen LogP contribution in [0.25, 0.3) is 0 Å². The van der Waals surface area contributed by atoms with E-state index in [1.54, 1.807) is 13.8 Å². The molecule has 0 spiro atoms. The van der Waals surface area contributed by atoms with Crippen LogP contribution >= 0.6 is 0 Å². The molecule has 0 saturated heterocycles. The molecule has 0 aliphatic carbocycles. The lowest BCUT2D eigenvalue weighted by Gasteiger charge is -2.07. The van der Waals surface area contributed by atoms with Crippen molar-refractivity contribution in [1.29, 1.82) is 0 Å². The van der Waals surface area contributed by atoms with Gasteiger partial charge in [-0.15, -0.1) is 0 Å². The van der Waals surface area contributed by atoms with Crippen LogP contribution in [-0.4, -0.2) is 29.0 Å². The molecule has 0 unspecified atom stereocenters. The zero-order valence-electron chi connectivity index (χ0n) is 13.3. The van der Waals surface area contributed by atoms with Crippen LogP contribution in [0.15, 0.2) is 42.2 Å². The van der Waals surface area contributed by atoms with Gasteiger partial charge in [0.05, 0.1) is 18.2 Å². The minimum Gasteiger partial charge on any atom is -0.501 e. The summed E-state index contributed by atoms with van der Waals surface area (Å²) in [6, 6.07) is 9.60. The summed E-state index contributed by atoms with van der Waals surface area (Å²) >= 11 is 0. The van der Waals surface area contributed by atoms with Gasteiger partial charge in [0.1, 0.15) is 5.76 Å². The summed E-state index contributed by atoms with van der Waals surface area (Å²) in [7, 11) is 1.50. The van der Waals surface area contributed by atoms with Crippen LogP contribution in [0.1, 0.15) is 37.7 Å². The Morgan fingerprint density at radius 1 is 1.13 bits per heavy atom. The Hall–Kier alpha value is -2.82. The number of ketones is 1. The highest BCUT2D eigenvalue weighted by molar-refractivity contribution is 6.12. The second-order valence-electron chi connectivity index (χ2n) is 5.27. The molecule has 0 atom stereocenters. The molecule has 1 heterocycles. The lowest BCUT2D eigenvalue weighted by atomic mass is 10.0. The summed E-state index contributed by atoms with van der Waals surface area (Å²) in [6.07, 6.45) is 1.82. The largest absolute Gasteiger partial charge is 0.501 e. The monoisotopic (exact) mass is 313 g/mol. The van der Waals surface area contributed by atoms with Crippen molar-refractivity contribution in [2.45, 2.75) is 20.3 Å². The van der Waals surface area contributed by atoms with Crippen molar-refractivity contribution in [2.24, 2.45) is 0 Å². The first-order chi connectivity index (χ1) is 10.9. The lowest BCUT2D eigenvalue weighted by Crippen LogP contribution is -2.08. The molecule has 1 aromatic carbocycles. The first-order valence-corrected chi connectivity index (χ1v) is 7.19. The summed E-state index contributed by atoms with van der Waals surface area (Å²) in [5.41, 5.74) is 2.20. The van der Waals surface area contributed by atoms with Crippen molar-refractivity contribution in [2.75, 3.05) is 7.11 Å². The van der Waals surface area contributed by atoms with Gasteiger partial charge in [0.15, 0.2) is 5.78 Å². The number of carbonyl (C=O) groups excluding carboxylic acids is 1. The number of aromatic carboxylic acids is 1. The predicted octanol–water partition coefficient (Wildman–Crippen LogP) is 3.29. The highest BCUT2D eigenvalue weighted by Gasteiger charge is 2.23. The zero-order valence-corrected chi connectivity index (χ0v) is 13.3. The fourth-order valence-corrected chi connectivity index (χ4v) is 2.55. The topological polar surface area (TPSA) is 79.4 Å². The average Bonchev–Trinajstić information content (AvgIpc) is 2.82. The maximum absolute atomic E-state index is 12.5. The van der Waals surface area contributed by atoms with E-state index in [0.717, 1.165) is 5.56 Å². The number of aryl methyl sites for hydroxylation is 2. The molecular formula is C18H19NO4. The van der Waals surface area contributed by atoms with Gasteiger partial charge >= 0.3 is 5.97 Å². The maximum Gasteiger partial charge on any atom is 0.338 e. The number of rotatable bonds is 6. The SMILES string of the molecule is CO/C(=C\C(=O)c1c(C)[nH]c(C)c1C(=O)O)Cc1ccccc1. The number of hydrogen-bond donors (Lipinski definition) is 2. The fraction of sp³-hybridized carbons (Fsp3) is 0.222. The molecular weight excluding hydrogens is 294 g/mol. The van der Waals surface area contributed by atoms with Gasteiger partial charge in [-0.3, -0.25) is 4.79 Å². The normalized spacial score (nSPS) is 11.3. The number of methoxy groups -OCH3 is 1. The molecule has 0 bridgehead atoms. The molecule has 0 radical (unpaired) electrons. The molecule has 2 N–H and O–H groups in total. The molecule has 2 rings (SSSR count). The molecule has 23 heavy (non-hydrogen) atoms. The van der Waals surface area contributed by atoms with Crippen molar-refractivity contribution >= 4 is 11.8 Å². The van der Waals surface area contributed by atoms with Gasteiger partial charge in [0.2, 0.25) is 0 Å². The number of benzene rings is 1. The van der Waals surface area contributed by atoms with E-state index in [1.807, 2.05) is 30.3 Å². The summed E-state index contributed by atoms with van der Waals surface area (Å²) in [6.45, 7) is 3.32. The Balaban J connectivity index is 2.34. The number of allylic oxidation sites excluding steroid dienone is 2. The van der Waals surface area contributed by atoms with Gasteiger partial charge in [-0.1, -0.05) is 30.3 Å². The first kappa shape index (κ1) is 16.5. The highest BCUT2D eigenvalue weighted by atomic mass is 16.5. The standard InChI is InChI=1S/C18H19NO4/c1-11-16(17(18(21)22)12(2)19-11)15(20)10-14(23-3)9-13-7-5-4-6-8-13/h4-8,10,19H,9H2,1-3H3,(H,21,22)/b14-10-. The van der Waals surface area contributed by atoms with E-state index in [-0.39, 0.29) is 16.9 Å². The molecule has 5 heteroatoms. The van der Waals surface area contributed by atoms with Crippen LogP contribution in [0, 0.1) is 13.8 Å². The third-order valence-corrected chi connectivity index (χ3v) is 3.61. The number of hydrogen-bond acceptors (Lipinski definition) is 3. The Bertz CT molecular complexity index is 757. The van der Waals surface area contributed by atoms with Gasteiger partial charge in [0.25, 0.3) is 0 Å². The van der Waals surface area contributed by atoms with Crippen molar-refractivity contribution < 1.29 is 19.4 Å². The smallest absolute Gasteiger partial charge is 0.338 e. The molecule has 0 aliphatic heterocycles. The Kier molecular flexibility index (Phi) is 5.01. The number of ether oxygens (including phenoxy) is 1. The van der Waals surface area contributed by atoms with E-state index in [2.05, 4.69) is 4.98 Å². The summed E-state index contributed by atoms with van der Waals surface area (Å²) in [5, 5.41) is 9.31. The molecule has 0 saturated carbocycles. The van der Waals surface area contributed by atoms with Crippen LogP contribution in [0.5, 0.6) is 0 Å².